The lowest BCUT2D eigenvalue weighted by molar-refractivity contribution is 0.0730. The highest BCUT2D eigenvalue weighted by Crippen LogP contribution is 2.46. The van der Waals surface area contributed by atoms with Gasteiger partial charge in [0.1, 0.15) is 35.2 Å². The Kier molecular flexibility index (Phi) is 6.44. The second kappa shape index (κ2) is 9.85. The molecule has 0 bridgehead atoms. The molecule has 0 fully saturated rings. The van der Waals surface area contributed by atoms with E-state index in [9.17, 15) is 9.90 Å². The first-order valence-corrected chi connectivity index (χ1v) is 12.1. The molecule has 1 aromatic heterocycles. The smallest absolute Gasteiger partial charge is 0.273 e. The zero-order valence-electron chi connectivity index (χ0n) is 21.1. The average molecular weight is 496 g/mol. The van der Waals surface area contributed by atoms with Crippen LogP contribution >= 0.6 is 0 Å². The molecule has 1 unspecified atom stereocenters. The molecule has 7 heteroatoms. The van der Waals surface area contributed by atoms with Crippen LogP contribution in [-0.4, -0.2) is 39.8 Å². The van der Waals surface area contributed by atoms with E-state index in [-0.39, 0.29) is 11.7 Å². The van der Waals surface area contributed by atoms with E-state index in [1.165, 1.54) is 0 Å². The largest absolute Gasteiger partial charge is 0.507 e. The molecule has 188 valence electrons. The van der Waals surface area contributed by atoms with Crippen molar-refractivity contribution >= 4 is 5.91 Å². The van der Waals surface area contributed by atoms with Crippen molar-refractivity contribution in [3.8, 4) is 28.5 Å². The molecular formula is C30H29N3O4. The van der Waals surface area contributed by atoms with Gasteiger partial charge in [0, 0.05) is 17.7 Å². The van der Waals surface area contributed by atoms with Crippen molar-refractivity contribution in [2.45, 2.75) is 26.4 Å². The van der Waals surface area contributed by atoms with Gasteiger partial charge in [-0.2, -0.15) is 5.10 Å². The number of nitrogens with zero attached hydrogens (tertiary/aromatic N) is 2. The number of aromatic nitrogens is 2. The van der Waals surface area contributed by atoms with Gasteiger partial charge in [-0.15, -0.1) is 0 Å². The molecule has 7 nitrogen and oxygen atoms in total. The van der Waals surface area contributed by atoms with E-state index < -0.39 is 6.04 Å². The van der Waals surface area contributed by atoms with Crippen LogP contribution in [-0.2, 0) is 6.54 Å². The van der Waals surface area contributed by atoms with E-state index in [1.807, 2.05) is 79.4 Å². The summed E-state index contributed by atoms with van der Waals surface area (Å²) in [6.45, 7) is 8.33. The van der Waals surface area contributed by atoms with Gasteiger partial charge in [-0.05, 0) is 66.4 Å². The van der Waals surface area contributed by atoms with Crippen molar-refractivity contribution in [2.75, 3.05) is 13.7 Å². The van der Waals surface area contributed by atoms with Crippen LogP contribution < -0.4 is 9.47 Å². The van der Waals surface area contributed by atoms with Gasteiger partial charge in [0.25, 0.3) is 5.91 Å². The van der Waals surface area contributed by atoms with Gasteiger partial charge in [-0.1, -0.05) is 43.0 Å². The molecule has 3 aromatic carbocycles. The number of fused-ring (bicyclic) bond motifs is 1. The predicted octanol–water partition coefficient (Wildman–Crippen LogP) is 5.72. The molecular weight excluding hydrogens is 466 g/mol. The second-order valence-corrected chi connectivity index (χ2v) is 9.19. The lowest BCUT2D eigenvalue weighted by Gasteiger charge is -2.27. The molecule has 0 saturated carbocycles. The highest BCUT2D eigenvalue weighted by molar-refractivity contribution is 6.00. The number of rotatable bonds is 8. The number of aryl methyl sites for hydroxylation is 2. The Bertz CT molecular complexity index is 1460. The van der Waals surface area contributed by atoms with Crippen LogP contribution in [0.1, 0.15) is 44.3 Å². The molecule has 1 atom stereocenters. The van der Waals surface area contributed by atoms with Gasteiger partial charge >= 0.3 is 0 Å². The number of benzene rings is 3. The van der Waals surface area contributed by atoms with Gasteiger partial charge in [-0.3, -0.25) is 9.89 Å². The van der Waals surface area contributed by atoms with E-state index in [4.69, 9.17) is 9.47 Å². The van der Waals surface area contributed by atoms with Crippen LogP contribution in [0.2, 0.25) is 0 Å². The predicted molar refractivity (Wildman–Crippen MR) is 142 cm³/mol. The fourth-order valence-corrected chi connectivity index (χ4v) is 4.88. The molecule has 1 amide bonds. The molecule has 0 spiro atoms. The molecule has 0 saturated heterocycles. The maximum atomic E-state index is 13.7. The molecule has 5 rings (SSSR count). The number of carbonyl (C=O) groups excluding carboxylic acids is 1. The molecule has 0 radical (unpaired) electrons. The van der Waals surface area contributed by atoms with Crippen molar-refractivity contribution in [3.05, 3.63) is 107 Å². The Hall–Kier alpha value is -4.52. The Labute approximate surface area is 216 Å². The number of aromatic amines is 1. The number of phenolic OH excluding ortho intramolecular Hbond substituents is 1. The first-order valence-electron chi connectivity index (χ1n) is 12.1. The quantitative estimate of drug-likeness (QED) is 0.305. The lowest BCUT2D eigenvalue weighted by Crippen LogP contribution is -2.29. The number of hydrogen-bond acceptors (Lipinski definition) is 5. The second-order valence-electron chi connectivity index (χ2n) is 9.19. The number of phenols is 1. The van der Waals surface area contributed by atoms with Crippen molar-refractivity contribution in [3.63, 3.8) is 0 Å². The van der Waals surface area contributed by atoms with E-state index in [0.717, 1.165) is 33.6 Å². The summed E-state index contributed by atoms with van der Waals surface area (Å²) in [7, 11) is 1.63. The van der Waals surface area contributed by atoms with Gasteiger partial charge in [-0.25, -0.2) is 0 Å². The number of nitrogens with one attached hydrogen (secondary N) is 1. The fourth-order valence-electron chi connectivity index (χ4n) is 4.88. The number of methoxy groups -OCH3 is 1. The van der Waals surface area contributed by atoms with Gasteiger partial charge in [0.15, 0.2) is 0 Å². The summed E-state index contributed by atoms with van der Waals surface area (Å²) in [6.07, 6.45) is 1.69. The zero-order chi connectivity index (χ0) is 26.1. The monoisotopic (exact) mass is 495 g/mol. The van der Waals surface area contributed by atoms with Crippen molar-refractivity contribution in [1.29, 1.82) is 0 Å². The van der Waals surface area contributed by atoms with Crippen molar-refractivity contribution < 1.29 is 19.4 Å². The zero-order valence-corrected chi connectivity index (χ0v) is 21.1. The highest BCUT2D eigenvalue weighted by Gasteiger charge is 2.42. The SMILES string of the molecule is C=CCOc1ccc(C2c3c(-c4cc(C)cc(C)c4O)n[nH]c3C(=O)N2Cc2ccc(OC)cc2)cc1. The van der Waals surface area contributed by atoms with Crippen LogP contribution in [0.3, 0.4) is 0 Å². The lowest BCUT2D eigenvalue weighted by atomic mass is 9.94. The van der Waals surface area contributed by atoms with E-state index in [2.05, 4.69) is 16.8 Å². The third-order valence-corrected chi connectivity index (χ3v) is 6.64. The summed E-state index contributed by atoms with van der Waals surface area (Å²) in [4.78, 5) is 15.5. The average Bonchev–Trinajstić information content (AvgIpc) is 3.44. The minimum Gasteiger partial charge on any atom is -0.507 e. The summed E-state index contributed by atoms with van der Waals surface area (Å²) in [6, 6.07) is 18.8. The van der Waals surface area contributed by atoms with Crippen molar-refractivity contribution in [1.82, 2.24) is 15.1 Å². The normalized spacial score (nSPS) is 14.5. The van der Waals surface area contributed by atoms with Gasteiger partial charge in [0.2, 0.25) is 0 Å². The minimum absolute atomic E-state index is 0.148. The summed E-state index contributed by atoms with van der Waals surface area (Å²) >= 11 is 0. The maximum Gasteiger partial charge on any atom is 0.273 e. The molecule has 1 aliphatic heterocycles. The van der Waals surface area contributed by atoms with Gasteiger partial charge < -0.3 is 19.5 Å². The summed E-state index contributed by atoms with van der Waals surface area (Å²) < 4.78 is 11.0. The molecule has 0 aliphatic carbocycles. The molecule has 37 heavy (non-hydrogen) atoms. The molecule has 1 aliphatic rings. The number of carbonyl (C=O) groups is 1. The third-order valence-electron chi connectivity index (χ3n) is 6.64. The molecule has 2 heterocycles. The Morgan fingerprint density at radius 3 is 2.46 bits per heavy atom. The van der Waals surface area contributed by atoms with E-state index in [1.54, 1.807) is 13.2 Å². The summed E-state index contributed by atoms with van der Waals surface area (Å²) in [5.41, 5.74) is 6.00. The van der Waals surface area contributed by atoms with Gasteiger partial charge in [0.05, 0.1) is 13.2 Å². The first kappa shape index (κ1) is 24.2. The maximum absolute atomic E-state index is 13.7. The Balaban J connectivity index is 1.62. The van der Waals surface area contributed by atoms with Crippen LogP contribution in [0.4, 0.5) is 0 Å². The summed E-state index contributed by atoms with van der Waals surface area (Å²) in [5, 5.41) is 18.4. The number of aromatic hydroxyl groups is 1. The van der Waals surface area contributed by atoms with E-state index in [0.29, 0.717) is 35.9 Å². The number of hydrogen-bond donors (Lipinski definition) is 2. The Morgan fingerprint density at radius 2 is 1.78 bits per heavy atom. The van der Waals surface area contributed by atoms with Crippen molar-refractivity contribution in [2.24, 2.45) is 0 Å². The Morgan fingerprint density at radius 1 is 1.08 bits per heavy atom. The first-order chi connectivity index (χ1) is 17.9. The topological polar surface area (TPSA) is 87.7 Å². The fraction of sp³-hybridized carbons (Fsp3) is 0.200. The van der Waals surface area contributed by atoms with Crippen LogP contribution in [0.25, 0.3) is 11.3 Å². The third kappa shape index (κ3) is 4.44. The molecule has 4 aromatic rings. The summed E-state index contributed by atoms with van der Waals surface area (Å²) in [5.74, 6) is 1.48. The highest BCUT2D eigenvalue weighted by atomic mass is 16.5. The standard InChI is InChI=1S/C30H29N3O4/c1-5-14-37-23-12-8-21(9-13-23)28-25-26(24-16-18(2)15-19(3)29(24)34)31-32-27(25)30(35)33(28)17-20-6-10-22(36-4)11-7-20/h5-13,15-16,28,34H,1,14,17H2,2-4H3,(H,31,32). The number of H-pyrrole nitrogens is 1. The minimum atomic E-state index is -0.410. The van der Waals surface area contributed by atoms with Crippen LogP contribution in [0.15, 0.2) is 73.3 Å². The number of ether oxygens (including phenoxy) is 2. The van der Waals surface area contributed by atoms with Crippen LogP contribution in [0, 0.1) is 13.8 Å². The number of amides is 1. The molecule has 2 N–H and O–H groups in total. The van der Waals surface area contributed by atoms with E-state index >= 15 is 0 Å². The van der Waals surface area contributed by atoms with Crippen LogP contribution in [0.5, 0.6) is 17.2 Å².